The fourth-order valence-electron chi connectivity index (χ4n) is 6.67. The topological polar surface area (TPSA) is 74.8 Å². The van der Waals surface area contributed by atoms with Crippen LogP contribution in [-0.2, 0) is 0 Å². The van der Waals surface area contributed by atoms with Gasteiger partial charge in [0.2, 0.25) is 0 Å². The molecule has 6 nitrogen and oxygen atoms in total. The van der Waals surface area contributed by atoms with Crippen LogP contribution in [-0.4, -0.2) is 45.5 Å². The number of carbonyl (C=O) groups excluding carboxylic acids is 4. The molecule has 0 unspecified atom stereocenters. The van der Waals surface area contributed by atoms with Crippen molar-refractivity contribution >= 4 is 66.7 Å². The second-order valence-electron chi connectivity index (χ2n) is 11.0. The largest absolute Gasteiger partial charge is 0.272 e. The lowest BCUT2D eigenvalue weighted by Crippen LogP contribution is -2.44. The monoisotopic (exact) mass is 522 g/mol. The predicted octanol–water partition coefficient (Wildman–Crippen LogP) is 5.71. The summed E-state index contributed by atoms with van der Waals surface area (Å²) < 4.78 is 0. The van der Waals surface area contributed by atoms with E-state index in [1.165, 1.54) is 9.80 Å². The third kappa shape index (κ3) is 2.61. The first-order valence-corrected chi connectivity index (χ1v) is 13.1. The van der Waals surface area contributed by atoms with E-state index in [0.717, 1.165) is 0 Å². The molecule has 0 aliphatic carbocycles. The average Bonchev–Trinajstić information content (AvgIpc) is 2.92. The van der Waals surface area contributed by atoms with E-state index >= 15 is 0 Å². The van der Waals surface area contributed by atoms with Crippen LogP contribution in [0.25, 0.3) is 43.1 Å². The fraction of sp³-hybridized carbons (Fsp3) is 0.176. The molecule has 0 saturated heterocycles. The maximum Gasteiger partial charge on any atom is 0.261 e. The van der Waals surface area contributed by atoms with Crippen molar-refractivity contribution in [3.63, 3.8) is 0 Å². The minimum atomic E-state index is -0.397. The Labute approximate surface area is 229 Å². The highest BCUT2D eigenvalue weighted by atomic mass is 16.2. The number of imide groups is 2. The zero-order valence-electron chi connectivity index (χ0n) is 22.3. The molecule has 6 heteroatoms. The molecule has 7 rings (SSSR count). The van der Waals surface area contributed by atoms with Gasteiger partial charge in [0, 0.05) is 77.8 Å². The molecule has 0 atom stereocenters. The average molecular weight is 523 g/mol. The van der Waals surface area contributed by atoms with Crippen molar-refractivity contribution in [2.45, 2.75) is 39.8 Å². The summed E-state index contributed by atoms with van der Waals surface area (Å²) in [6, 6.07) is 9.79. The van der Waals surface area contributed by atoms with Crippen LogP contribution in [0.2, 0.25) is 0 Å². The van der Waals surface area contributed by atoms with Crippen molar-refractivity contribution in [1.82, 2.24) is 9.80 Å². The highest BCUT2D eigenvalue weighted by Gasteiger charge is 2.39. The predicted molar refractivity (Wildman–Crippen MR) is 155 cm³/mol. The summed E-state index contributed by atoms with van der Waals surface area (Å²) in [6.07, 6.45) is 12.1. The van der Waals surface area contributed by atoms with E-state index in [1.54, 1.807) is 52.0 Å². The van der Waals surface area contributed by atoms with E-state index in [-0.39, 0.29) is 23.9 Å². The molecule has 0 saturated carbocycles. The first-order chi connectivity index (χ1) is 19.1. The zero-order chi connectivity index (χ0) is 28.4. The molecule has 2 aliphatic rings. The molecule has 0 spiro atoms. The molecule has 192 valence electrons. The number of benzene rings is 5. The molecule has 40 heavy (non-hydrogen) atoms. The van der Waals surface area contributed by atoms with Gasteiger partial charge in [-0.25, -0.2) is 0 Å². The Kier molecular flexibility index (Phi) is 4.59. The molecule has 0 radical (unpaired) electrons. The third-order valence-corrected chi connectivity index (χ3v) is 8.24. The van der Waals surface area contributed by atoms with E-state index < -0.39 is 11.8 Å². The molecule has 4 amide bonds. The van der Waals surface area contributed by atoms with Gasteiger partial charge in [-0.15, -0.1) is 12.8 Å². The molecule has 0 aromatic heterocycles. The Morgan fingerprint density at radius 3 is 1.20 bits per heavy atom. The van der Waals surface area contributed by atoms with Crippen LogP contribution in [0, 0.1) is 24.7 Å². The SMILES string of the molecule is C#Cc1cc2c3c(ccc4c5c(C#C)cc6c7c(ccc(c1c34)c75)C(=O)N(C(C)C)C6=O)C(=O)N(C(C)C)C2=O. The zero-order valence-corrected chi connectivity index (χ0v) is 22.3. The number of amides is 4. The van der Waals surface area contributed by atoms with Gasteiger partial charge in [-0.3, -0.25) is 29.0 Å². The smallest absolute Gasteiger partial charge is 0.261 e. The highest BCUT2D eigenvalue weighted by Crippen LogP contribution is 2.48. The van der Waals surface area contributed by atoms with Gasteiger partial charge >= 0.3 is 0 Å². The van der Waals surface area contributed by atoms with Crippen molar-refractivity contribution in [3.05, 3.63) is 69.8 Å². The molecular weight excluding hydrogens is 500 g/mol. The second kappa shape index (κ2) is 7.68. The lowest BCUT2D eigenvalue weighted by Gasteiger charge is -2.33. The van der Waals surface area contributed by atoms with Crippen LogP contribution in [0.4, 0.5) is 0 Å². The van der Waals surface area contributed by atoms with E-state index in [4.69, 9.17) is 12.8 Å². The van der Waals surface area contributed by atoms with Crippen molar-refractivity contribution < 1.29 is 19.2 Å². The Balaban J connectivity index is 1.77. The summed E-state index contributed by atoms with van der Waals surface area (Å²) in [7, 11) is 0. The standard InChI is InChI=1S/C34H22N2O4/c1-7-17-13-23-27-21(31(37)35(15(3)4)33(23)39)12-10-20-26-18(8-2)14-24-28-22(32(38)36(16(5)6)34(24)40)11-9-19(30(26)28)25(17)29(20)27/h1-2,9-16H,3-6H3. The highest BCUT2D eigenvalue weighted by molar-refractivity contribution is 6.42. The van der Waals surface area contributed by atoms with Crippen LogP contribution >= 0.6 is 0 Å². The quantitative estimate of drug-likeness (QED) is 0.129. The number of terminal acetylenes is 2. The summed E-state index contributed by atoms with van der Waals surface area (Å²) in [5.41, 5.74) is 2.54. The number of rotatable bonds is 2. The van der Waals surface area contributed by atoms with Gasteiger partial charge in [-0.05, 0) is 62.7 Å². The van der Waals surface area contributed by atoms with Gasteiger partial charge in [-0.1, -0.05) is 24.0 Å². The number of fused-ring (bicyclic) bond motifs is 2. The van der Waals surface area contributed by atoms with Gasteiger partial charge in [0.25, 0.3) is 23.6 Å². The molecule has 0 fully saturated rings. The molecule has 5 aromatic rings. The van der Waals surface area contributed by atoms with E-state index in [1.807, 2.05) is 12.1 Å². The van der Waals surface area contributed by atoms with Gasteiger partial charge in [-0.2, -0.15) is 0 Å². The molecule has 0 bridgehead atoms. The Hall–Kier alpha value is -5.20. The first kappa shape index (κ1) is 23.9. The van der Waals surface area contributed by atoms with Crippen LogP contribution < -0.4 is 0 Å². The number of carbonyl (C=O) groups is 4. The van der Waals surface area contributed by atoms with E-state index in [9.17, 15) is 19.2 Å². The normalized spacial score (nSPS) is 15.0. The van der Waals surface area contributed by atoms with E-state index in [0.29, 0.717) is 76.5 Å². The van der Waals surface area contributed by atoms with Crippen molar-refractivity contribution in [2.24, 2.45) is 0 Å². The summed E-state index contributed by atoms with van der Waals surface area (Å²) in [6.45, 7) is 7.18. The molecular formula is C34H22N2O4. The summed E-state index contributed by atoms with van der Waals surface area (Å²) in [4.78, 5) is 56.9. The lowest BCUT2D eigenvalue weighted by atomic mass is 9.79. The summed E-state index contributed by atoms with van der Waals surface area (Å²) >= 11 is 0. The Morgan fingerprint density at radius 2 is 0.875 bits per heavy atom. The minimum Gasteiger partial charge on any atom is -0.272 e. The molecule has 5 aromatic carbocycles. The Bertz CT molecular complexity index is 2020. The Morgan fingerprint density at radius 1 is 0.525 bits per heavy atom. The van der Waals surface area contributed by atoms with E-state index in [2.05, 4.69) is 11.8 Å². The van der Waals surface area contributed by atoms with Gasteiger partial charge in [0.05, 0.1) is 0 Å². The summed E-state index contributed by atoms with van der Waals surface area (Å²) in [5.74, 6) is 3.99. The van der Waals surface area contributed by atoms with Crippen LogP contribution in [0.5, 0.6) is 0 Å². The number of nitrogens with zero attached hydrogens (tertiary/aromatic N) is 2. The minimum absolute atomic E-state index is 0.338. The number of hydrogen-bond acceptors (Lipinski definition) is 4. The maximum absolute atomic E-state index is 13.6. The van der Waals surface area contributed by atoms with Crippen LogP contribution in [0.3, 0.4) is 0 Å². The molecule has 2 aliphatic heterocycles. The maximum atomic E-state index is 13.6. The summed E-state index contributed by atoms with van der Waals surface area (Å²) in [5, 5.41) is 5.22. The lowest BCUT2D eigenvalue weighted by molar-refractivity contribution is 0.0547. The van der Waals surface area contributed by atoms with Gasteiger partial charge in [0.15, 0.2) is 0 Å². The fourth-order valence-corrected chi connectivity index (χ4v) is 6.67. The van der Waals surface area contributed by atoms with Crippen LogP contribution in [0.1, 0.15) is 80.3 Å². The van der Waals surface area contributed by atoms with Crippen LogP contribution in [0.15, 0.2) is 36.4 Å². The third-order valence-electron chi connectivity index (χ3n) is 8.24. The molecule has 2 heterocycles. The molecule has 0 N–H and O–H groups in total. The van der Waals surface area contributed by atoms with Crippen molar-refractivity contribution in [1.29, 1.82) is 0 Å². The van der Waals surface area contributed by atoms with Crippen molar-refractivity contribution in [3.8, 4) is 24.7 Å². The van der Waals surface area contributed by atoms with Crippen molar-refractivity contribution in [2.75, 3.05) is 0 Å². The van der Waals surface area contributed by atoms with Gasteiger partial charge in [0.1, 0.15) is 0 Å². The second-order valence-corrected chi connectivity index (χ2v) is 11.0. The number of hydrogen-bond donors (Lipinski definition) is 0. The van der Waals surface area contributed by atoms with Gasteiger partial charge < -0.3 is 0 Å². The first-order valence-electron chi connectivity index (χ1n) is 13.1.